The smallest absolute Gasteiger partial charge is 0.411 e. The molecule has 0 bridgehead atoms. The number of rotatable bonds is 3. The highest BCUT2D eigenvalue weighted by Gasteiger charge is 2.38. The van der Waals surface area contributed by atoms with Gasteiger partial charge in [-0.3, -0.25) is 4.90 Å². The van der Waals surface area contributed by atoms with Crippen LogP contribution in [0.1, 0.15) is 45.3 Å². The molecule has 1 aliphatic heterocycles. The number of carbonyl (C=O) groups excluding carboxylic acids is 2. The van der Waals surface area contributed by atoms with E-state index in [0.29, 0.717) is 13.0 Å². The first-order chi connectivity index (χ1) is 11.3. The summed E-state index contributed by atoms with van der Waals surface area (Å²) in [6, 6.07) is 8.47. The van der Waals surface area contributed by atoms with E-state index in [1.54, 1.807) is 32.9 Å². The Kier molecular flexibility index (Phi) is 5.50. The lowest BCUT2D eigenvalue weighted by Gasteiger charge is -2.28. The molecule has 0 N–H and O–H groups in total. The molecule has 0 aromatic heterocycles. The molecule has 1 saturated heterocycles. The zero-order valence-electron chi connectivity index (χ0n) is 14.3. The molecule has 0 spiro atoms. The summed E-state index contributed by atoms with van der Waals surface area (Å²) in [6.45, 7) is 5.84. The van der Waals surface area contributed by atoms with Crippen LogP contribution in [0.3, 0.4) is 0 Å². The van der Waals surface area contributed by atoms with Gasteiger partial charge in [-0.15, -0.1) is 6.42 Å². The fraction of sp³-hybridized carbons (Fsp3) is 0.474. The van der Waals surface area contributed by atoms with Crippen molar-refractivity contribution in [2.45, 2.75) is 51.4 Å². The summed E-state index contributed by atoms with van der Waals surface area (Å²) in [5, 5.41) is 0. The number of carbonyl (C=O) groups is 2. The lowest BCUT2D eigenvalue weighted by molar-refractivity contribution is -0.152. The number of terminal acetylenes is 1. The van der Waals surface area contributed by atoms with Gasteiger partial charge in [0.2, 0.25) is 0 Å². The van der Waals surface area contributed by atoms with E-state index in [-0.39, 0.29) is 0 Å². The molecule has 5 nitrogen and oxygen atoms in total. The third-order valence-corrected chi connectivity index (χ3v) is 3.64. The van der Waals surface area contributed by atoms with Crippen molar-refractivity contribution >= 4 is 12.1 Å². The van der Waals surface area contributed by atoms with E-state index in [1.165, 1.54) is 4.90 Å². The van der Waals surface area contributed by atoms with Crippen molar-refractivity contribution in [3.05, 3.63) is 35.9 Å². The first-order valence-corrected chi connectivity index (χ1v) is 8.03. The van der Waals surface area contributed by atoms with Gasteiger partial charge in [-0.2, -0.15) is 0 Å². The van der Waals surface area contributed by atoms with Gasteiger partial charge in [0.15, 0.2) is 6.10 Å². The lowest BCUT2D eigenvalue weighted by atomic mass is 10.1. The molecule has 128 valence electrons. The van der Waals surface area contributed by atoms with Crippen molar-refractivity contribution in [3.8, 4) is 12.3 Å². The number of amides is 1. The van der Waals surface area contributed by atoms with Gasteiger partial charge >= 0.3 is 12.1 Å². The average Bonchev–Trinajstić information content (AvgIpc) is 3.01. The van der Waals surface area contributed by atoms with Crippen LogP contribution in [0.2, 0.25) is 0 Å². The van der Waals surface area contributed by atoms with Crippen LogP contribution in [-0.2, 0) is 14.3 Å². The second-order valence-corrected chi connectivity index (χ2v) is 6.73. The molecule has 2 rings (SSSR count). The second kappa shape index (κ2) is 7.39. The summed E-state index contributed by atoms with van der Waals surface area (Å²) >= 11 is 0. The third-order valence-electron chi connectivity index (χ3n) is 3.64. The Bertz CT molecular complexity index is 627. The SMILES string of the molecule is C#C[C@@H](OC(=O)[C@H]1CCCN1C(=O)OC(C)(C)C)c1ccccc1. The topological polar surface area (TPSA) is 55.8 Å². The number of benzene rings is 1. The van der Waals surface area contributed by atoms with Crippen molar-refractivity contribution in [1.82, 2.24) is 4.90 Å². The zero-order chi connectivity index (χ0) is 17.7. The molecule has 0 saturated carbocycles. The Morgan fingerprint density at radius 2 is 1.96 bits per heavy atom. The maximum Gasteiger partial charge on any atom is 0.411 e. The van der Waals surface area contributed by atoms with Crippen LogP contribution in [0.5, 0.6) is 0 Å². The van der Waals surface area contributed by atoms with Gasteiger partial charge in [0, 0.05) is 12.1 Å². The van der Waals surface area contributed by atoms with Crippen molar-refractivity contribution < 1.29 is 19.1 Å². The van der Waals surface area contributed by atoms with E-state index in [4.69, 9.17) is 15.9 Å². The zero-order valence-corrected chi connectivity index (χ0v) is 14.3. The number of nitrogens with zero attached hydrogens (tertiary/aromatic N) is 1. The highest BCUT2D eigenvalue weighted by atomic mass is 16.6. The summed E-state index contributed by atoms with van der Waals surface area (Å²) in [6.07, 6.45) is 5.50. The third kappa shape index (κ3) is 4.51. The Morgan fingerprint density at radius 1 is 1.29 bits per heavy atom. The van der Waals surface area contributed by atoms with Gasteiger partial charge in [0.25, 0.3) is 0 Å². The van der Waals surface area contributed by atoms with Gasteiger partial charge in [-0.1, -0.05) is 36.3 Å². The number of likely N-dealkylation sites (tertiary alicyclic amines) is 1. The summed E-state index contributed by atoms with van der Waals surface area (Å²) in [7, 11) is 0. The van der Waals surface area contributed by atoms with E-state index in [9.17, 15) is 9.59 Å². The summed E-state index contributed by atoms with van der Waals surface area (Å²) in [4.78, 5) is 26.2. The first-order valence-electron chi connectivity index (χ1n) is 8.03. The molecule has 0 radical (unpaired) electrons. The quantitative estimate of drug-likeness (QED) is 0.631. The number of ether oxygens (including phenoxy) is 2. The Hall–Kier alpha value is -2.48. The lowest BCUT2D eigenvalue weighted by Crippen LogP contribution is -2.44. The summed E-state index contributed by atoms with van der Waals surface area (Å²) in [5.74, 6) is 1.98. The molecule has 1 aromatic carbocycles. The number of hydrogen-bond donors (Lipinski definition) is 0. The van der Waals surface area contributed by atoms with Crippen molar-refractivity contribution in [2.24, 2.45) is 0 Å². The van der Waals surface area contributed by atoms with Crippen molar-refractivity contribution in [2.75, 3.05) is 6.54 Å². The highest BCUT2D eigenvalue weighted by Crippen LogP contribution is 2.24. The monoisotopic (exact) mass is 329 g/mol. The Balaban J connectivity index is 2.05. The minimum Gasteiger partial charge on any atom is -0.444 e. The van der Waals surface area contributed by atoms with E-state index in [1.807, 2.05) is 18.2 Å². The predicted molar refractivity (Wildman–Crippen MR) is 90.1 cm³/mol. The van der Waals surface area contributed by atoms with Crippen molar-refractivity contribution in [3.63, 3.8) is 0 Å². The van der Waals surface area contributed by atoms with Gasteiger partial charge in [-0.25, -0.2) is 9.59 Å². The molecule has 0 unspecified atom stereocenters. The van der Waals surface area contributed by atoms with Gasteiger partial charge in [0.1, 0.15) is 11.6 Å². The molecule has 1 amide bonds. The maximum absolute atomic E-state index is 12.5. The fourth-order valence-electron chi connectivity index (χ4n) is 2.57. The van der Waals surface area contributed by atoms with Crippen LogP contribution in [0.25, 0.3) is 0 Å². The Labute approximate surface area is 142 Å². The maximum atomic E-state index is 12.5. The van der Waals surface area contributed by atoms with Crippen LogP contribution < -0.4 is 0 Å². The summed E-state index contributed by atoms with van der Waals surface area (Å²) in [5.41, 5.74) is 0.120. The van der Waals surface area contributed by atoms with Gasteiger partial charge < -0.3 is 9.47 Å². The first kappa shape index (κ1) is 17.9. The minimum absolute atomic E-state index is 0.473. The number of esters is 1. The molecule has 1 fully saturated rings. The Morgan fingerprint density at radius 3 is 2.54 bits per heavy atom. The molecular formula is C19H23NO4. The van der Waals surface area contributed by atoms with Crippen LogP contribution in [0.4, 0.5) is 4.79 Å². The second-order valence-electron chi connectivity index (χ2n) is 6.73. The molecule has 1 aliphatic rings. The van der Waals surface area contributed by atoms with Crippen LogP contribution in [0, 0.1) is 12.3 Å². The fourth-order valence-corrected chi connectivity index (χ4v) is 2.57. The van der Waals surface area contributed by atoms with Crippen LogP contribution >= 0.6 is 0 Å². The predicted octanol–water partition coefficient (Wildman–Crippen LogP) is 3.30. The standard InChI is InChI=1S/C19H23NO4/c1-5-16(14-10-7-6-8-11-14)23-17(21)15-12-9-13-20(15)18(22)24-19(2,3)4/h1,6-8,10-11,15-16H,9,12-13H2,2-4H3/t15-,16-/m1/s1. The molecule has 2 atom stereocenters. The molecular weight excluding hydrogens is 306 g/mol. The van der Waals surface area contributed by atoms with E-state index < -0.39 is 29.8 Å². The largest absolute Gasteiger partial charge is 0.444 e. The molecule has 1 aromatic rings. The van der Waals surface area contributed by atoms with Crippen molar-refractivity contribution in [1.29, 1.82) is 0 Å². The van der Waals surface area contributed by atoms with E-state index in [2.05, 4.69) is 5.92 Å². The highest BCUT2D eigenvalue weighted by molar-refractivity contribution is 5.82. The molecule has 0 aliphatic carbocycles. The van der Waals surface area contributed by atoms with Crippen LogP contribution in [-0.4, -0.2) is 35.2 Å². The average molecular weight is 329 g/mol. The van der Waals surface area contributed by atoms with E-state index in [0.717, 1.165) is 12.0 Å². The summed E-state index contributed by atoms with van der Waals surface area (Å²) < 4.78 is 10.8. The van der Waals surface area contributed by atoms with Crippen LogP contribution in [0.15, 0.2) is 30.3 Å². The molecule has 24 heavy (non-hydrogen) atoms. The normalized spacial score (nSPS) is 18.6. The molecule has 5 heteroatoms. The number of hydrogen-bond acceptors (Lipinski definition) is 4. The molecule has 1 heterocycles. The minimum atomic E-state index is -0.764. The van der Waals surface area contributed by atoms with E-state index >= 15 is 0 Å². The van der Waals surface area contributed by atoms with Gasteiger partial charge in [0.05, 0.1) is 0 Å². The van der Waals surface area contributed by atoms with Gasteiger partial charge in [-0.05, 0) is 33.6 Å².